The average molecular weight is 375 g/mol. The zero-order valence-electron chi connectivity index (χ0n) is 13.7. The number of nitrogens with zero attached hydrogens (tertiary/aromatic N) is 1. The normalized spacial score (nSPS) is 17.0. The van der Waals surface area contributed by atoms with Gasteiger partial charge in [-0.2, -0.15) is 0 Å². The monoisotopic (exact) mass is 374 g/mol. The maximum Gasteiger partial charge on any atom is 0.261 e. The summed E-state index contributed by atoms with van der Waals surface area (Å²) in [6, 6.07) is 5.94. The molecule has 1 saturated heterocycles. The Hall–Kier alpha value is -1.24. The van der Waals surface area contributed by atoms with Crippen LogP contribution >= 0.6 is 23.7 Å². The van der Waals surface area contributed by atoms with Crippen molar-refractivity contribution in [3.63, 3.8) is 0 Å². The van der Waals surface area contributed by atoms with Crippen LogP contribution in [0.3, 0.4) is 0 Å². The molecule has 132 valence electrons. The predicted molar refractivity (Wildman–Crippen MR) is 96.6 cm³/mol. The zero-order valence-corrected chi connectivity index (χ0v) is 15.3. The Morgan fingerprint density at radius 3 is 2.75 bits per heavy atom. The van der Waals surface area contributed by atoms with Gasteiger partial charge < -0.3 is 4.98 Å². The minimum absolute atomic E-state index is 0. The summed E-state index contributed by atoms with van der Waals surface area (Å²) in [5, 5.41) is 0. The molecule has 3 heterocycles. The highest BCUT2D eigenvalue weighted by Crippen LogP contribution is 2.33. The fraction of sp³-hybridized carbons (Fsp3) is 0.471. The quantitative estimate of drug-likeness (QED) is 0.869. The summed E-state index contributed by atoms with van der Waals surface area (Å²) in [6.45, 7) is 4.69. The Morgan fingerprint density at radius 2 is 2.12 bits per heavy atom. The fourth-order valence-corrected chi connectivity index (χ4v) is 4.08. The minimum atomic E-state index is -2.55. The number of pyridine rings is 1. The van der Waals surface area contributed by atoms with E-state index < -0.39 is 5.92 Å². The Bertz CT molecular complexity index is 772. The second kappa shape index (κ2) is 7.33. The van der Waals surface area contributed by atoms with Gasteiger partial charge in [-0.3, -0.25) is 9.69 Å². The maximum atomic E-state index is 13.3. The lowest BCUT2D eigenvalue weighted by molar-refractivity contribution is 0.0116. The minimum Gasteiger partial charge on any atom is -0.326 e. The molecule has 0 aliphatic carbocycles. The molecule has 0 radical (unpaired) electrons. The van der Waals surface area contributed by atoms with E-state index in [0.29, 0.717) is 19.5 Å². The van der Waals surface area contributed by atoms with Crippen molar-refractivity contribution in [2.75, 3.05) is 13.1 Å². The molecule has 24 heavy (non-hydrogen) atoms. The third-order valence-corrected chi connectivity index (χ3v) is 5.35. The van der Waals surface area contributed by atoms with Gasteiger partial charge in [-0.25, -0.2) is 8.78 Å². The summed E-state index contributed by atoms with van der Waals surface area (Å²) in [7, 11) is 0. The van der Waals surface area contributed by atoms with Gasteiger partial charge in [0, 0.05) is 46.1 Å². The van der Waals surface area contributed by atoms with E-state index in [9.17, 15) is 13.6 Å². The number of hydrogen-bond acceptors (Lipinski definition) is 3. The summed E-state index contributed by atoms with van der Waals surface area (Å²) >= 11 is 1.60. The van der Waals surface area contributed by atoms with Gasteiger partial charge in [0.25, 0.3) is 11.5 Å². The van der Waals surface area contributed by atoms with Crippen molar-refractivity contribution in [1.29, 1.82) is 0 Å². The lowest BCUT2D eigenvalue weighted by atomic mass is 10.1. The van der Waals surface area contributed by atoms with E-state index in [-0.39, 0.29) is 30.9 Å². The smallest absolute Gasteiger partial charge is 0.261 e. The predicted octanol–water partition coefficient (Wildman–Crippen LogP) is 4.24. The van der Waals surface area contributed by atoms with Gasteiger partial charge in [0.1, 0.15) is 0 Å². The zero-order chi connectivity index (χ0) is 16.6. The number of nitrogens with one attached hydrogen (secondary N) is 1. The number of H-pyrrole nitrogens is 1. The Kier molecular flexibility index (Phi) is 5.83. The third-order valence-electron chi connectivity index (χ3n) is 4.25. The van der Waals surface area contributed by atoms with Crippen molar-refractivity contribution in [2.45, 2.75) is 39.2 Å². The topological polar surface area (TPSA) is 36.1 Å². The van der Waals surface area contributed by atoms with E-state index in [0.717, 1.165) is 26.6 Å². The summed E-state index contributed by atoms with van der Waals surface area (Å²) in [4.78, 5) is 18.6. The van der Waals surface area contributed by atoms with Crippen molar-refractivity contribution in [3.8, 4) is 10.4 Å². The first-order valence-electron chi connectivity index (χ1n) is 7.80. The summed E-state index contributed by atoms with van der Waals surface area (Å²) < 4.78 is 26.5. The molecule has 0 atom stereocenters. The molecule has 0 aromatic carbocycles. The molecule has 1 N–H and O–H groups in total. The number of alkyl halides is 2. The van der Waals surface area contributed by atoms with E-state index in [1.807, 2.05) is 32.0 Å². The number of aromatic amines is 1. The van der Waals surface area contributed by atoms with Gasteiger partial charge in [0.05, 0.1) is 6.54 Å². The molecule has 0 spiro atoms. The maximum absolute atomic E-state index is 13.3. The number of halogens is 3. The van der Waals surface area contributed by atoms with E-state index in [2.05, 4.69) is 4.98 Å². The van der Waals surface area contributed by atoms with Crippen molar-refractivity contribution < 1.29 is 8.78 Å². The number of rotatable bonds is 4. The van der Waals surface area contributed by atoms with Crippen LogP contribution in [0.2, 0.25) is 0 Å². The van der Waals surface area contributed by atoms with Crippen LogP contribution in [0, 0.1) is 6.92 Å². The molecule has 0 bridgehead atoms. The molecule has 7 heteroatoms. The SMILES string of the molecule is CCc1cc(-c2ccc(CN3CCC(F)(F)C3)s2)c(C)[nH]c1=O.Cl. The van der Waals surface area contributed by atoms with Crippen molar-refractivity contribution >= 4 is 23.7 Å². The number of thiophene rings is 1. The van der Waals surface area contributed by atoms with Gasteiger partial charge in [-0.15, -0.1) is 23.7 Å². The van der Waals surface area contributed by atoms with E-state index >= 15 is 0 Å². The van der Waals surface area contributed by atoms with Gasteiger partial charge in [0.2, 0.25) is 0 Å². The highest BCUT2D eigenvalue weighted by Gasteiger charge is 2.38. The number of aryl methyl sites for hydroxylation is 2. The highest BCUT2D eigenvalue weighted by molar-refractivity contribution is 7.15. The number of aromatic nitrogens is 1. The van der Waals surface area contributed by atoms with E-state index in [1.165, 1.54) is 0 Å². The second-order valence-electron chi connectivity index (χ2n) is 6.10. The fourth-order valence-electron chi connectivity index (χ4n) is 2.95. The number of likely N-dealkylation sites (tertiary alicyclic amines) is 1. The number of hydrogen-bond donors (Lipinski definition) is 1. The molecule has 3 nitrogen and oxygen atoms in total. The molecule has 2 aromatic rings. The second-order valence-corrected chi connectivity index (χ2v) is 7.27. The summed E-state index contributed by atoms with van der Waals surface area (Å²) in [6.07, 6.45) is 0.633. The van der Waals surface area contributed by atoms with Crippen LogP contribution in [0.5, 0.6) is 0 Å². The Balaban J connectivity index is 0.00000208. The summed E-state index contributed by atoms with van der Waals surface area (Å²) in [5.41, 5.74) is 2.59. The standard InChI is InChI=1S/C17H20F2N2OS.ClH/c1-3-12-8-14(11(2)20-16(12)22)15-5-4-13(23-15)9-21-7-6-17(18,19)10-21;/h4-5,8H,3,6-7,9-10H2,1-2H3,(H,20,22);1H. The van der Waals surface area contributed by atoms with E-state index in [1.54, 1.807) is 16.2 Å². The first-order chi connectivity index (χ1) is 10.9. The van der Waals surface area contributed by atoms with Crippen LogP contribution in [0.25, 0.3) is 10.4 Å². The van der Waals surface area contributed by atoms with E-state index in [4.69, 9.17) is 0 Å². The molecule has 1 aliphatic heterocycles. The van der Waals surface area contributed by atoms with Crippen LogP contribution in [0.4, 0.5) is 8.78 Å². The van der Waals surface area contributed by atoms with Crippen LogP contribution in [0.1, 0.15) is 29.5 Å². The molecular formula is C17H21ClF2N2OS. The van der Waals surface area contributed by atoms with Crippen molar-refractivity contribution in [1.82, 2.24) is 9.88 Å². The molecular weight excluding hydrogens is 354 g/mol. The molecule has 1 fully saturated rings. The lowest BCUT2D eigenvalue weighted by Crippen LogP contribution is -2.24. The molecule has 2 aromatic heterocycles. The first kappa shape index (κ1) is 19.1. The van der Waals surface area contributed by atoms with Crippen LogP contribution in [-0.2, 0) is 13.0 Å². The Labute approximate surface area is 150 Å². The van der Waals surface area contributed by atoms with Crippen LogP contribution in [-0.4, -0.2) is 28.9 Å². The largest absolute Gasteiger partial charge is 0.326 e. The third kappa shape index (κ3) is 4.05. The molecule has 1 aliphatic rings. The lowest BCUT2D eigenvalue weighted by Gasteiger charge is -2.14. The molecule has 3 rings (SSSR count). The van der Waals surface area contributed by atoms with Gasteiger partial charge in [0.15, 0.2) is 0 Å². The van der Waals surface area contributed by atoms with Gasteiger partial charge in [-0.05, 0) is 31.5 Å². The van der Waals surface area contributed by atoms with Gasteiger partial charge >= 0.3 is 0 Å². The van der Waals surface area contributed by atoms with Crippen LogP contribution < -0.4 is 5.56 Å². The average Bonchev–Trinajstić information content (AvgIpc) is 3.06. The molecule has 0 amide bonds. The van der Waals surface area contributed by atoms with Crippen LogP contribution in [0.15, 0.2) is 23.0 Å². The first-order valence-corrected chi connectivity index (χ1v) is 8.61. The van der Waals surface area contributed by atoms with Gasteiger partial charge in [-0.1, -0.05) is 6.92 Å². The van der Waals surface area contributed by atoms with Crippen molar-refractivity contribution in [2.24, 2.45) is 0 Å². The van der Waals surface area contributed by atoms with Crippen molar-refractivity contribution in [3.05, 3.63) is 44.7 Å². The summed E-state index contributed by atoms with van der Waals surface area (Å²) in [5.74, 6) is -2.55. The molecule has 0 unspecified atom stereocenters. The molecule has 0 saturated carbocycles. The Morgan fingerprint density at radius 1 is 1.38 bits per heavy atom. The highest BCUT2D eigenvalue weighted by atomic mass is 35.5.